The minimum Gasteiger partial charge on any atom is -0.480 e. The Morgan fingerprint density at radius 1 is 1.43 bits per heavy atom. The molecule has 120 valence electrons. The molecule has 1 aliphatic heterocycles. The number of hydrogen-bond donors (Lipinski definition) is 2. The molecule has 2 atom stereocenters. The zero-order valence-electron chi connectivity index (χ0n) is 12.6. The van der Waals surface area contributed by atoms with Gasteiger partial charge in [-0.15, -0.1) is 0 Å². The first-order valence-electron chi connectivity index (χ1n) is 7.35. The number of methoxy groups -OCH3 is 1. The molecule has 0 aromatic rings. The summed E-state index contributed by atoms with van der Waals surface area (Å²) < 4.78 is 4.70. The van der Waals surface area contributed by atoms with E-state index in [1.54, 1.807) is 0 Å². The molecule has 1 unspecified atom stereocenters. The van der Waals surface area contributed by atoms with Crippen LogP contribution in [0.2, 0.25) is 0 Å². The Kier molecular flexibility index (Phi) is 6.98. The Morgan fingerprint density at radius 3 is 2.71 bits per heavy atom. The number of carboxylic acids is 1. The summed E-state index contributed by atoms with van der Waals surface area (Å²) in [6.45, 7) is 2.77. The Morgan fingerprint density at radius 2 is 2.14 bits per heavy atom. The lowest BCUT2D eigenvalue weighted by Gasteiger charge is -2.32. The molecule has 21 heavy (non-hydrogen) atoms. The zero-order chi connectivity index (χ0) is 15.8. The molecule has 0 spiro atoms. The van der Waals surface area contributed by atoms with Crippen molar-refractivity contribution >= 4 is 18.0 Å². The molecule has 1 heterocycles. The average molecular weight is 300 g/mol. The van der Waals surface area contributed by atoms with Crippen LogP contribution in [0, 0.1) is 5.92 Å². The molecule has 1 saturated heterocycles. The van der Waals surface area contributed by atoms with Crippen LogP contribution in [0.1, 0.15) is 39.0 Å². The van der Waals surface area contributed by atoms with E-state index >= 15 is 0 Å². The van der Waals surface area contributed by atoms with Gasteiger partial charge >= 0.3 is 18.0 Å². The zero-order valence-corrected chi connectivity index (χ0v) is 12.6. The number of carbonyl (C=O) groups is 3. The molecule has 2 N–H and O–H groups in total. The molecule has 2 amide bonds. The molecule has 0 aromatic heterocycles. The number of aliphatic carboxylic acids is 1. The average Bonchev–Trinajstić information content (AvgIpc) is 2.50. The van der Waals surface area contributed by atoms with Crippen molar-refractivity contribution in [1.29, 1.82) is 0 Å². The van der Waals surface area contributed by atoms with Gasteiger partial charge in [0, 0.05) is 13.1 Å². The van der Waals surface area contributed by atoms with E-state index in [9.17, 15) is 14.4 Å². The lowest BCUT2D eigenvalue weighted by molar-refractivity contribution is -0.147. The van der Waals surface area contributed by atoms with Crippen LogP contribution < -0.4 is 5.32 Å². The number of esters is 1. The standard InChI is InChI=1S/C14H24N2O5/c1-3-4-7-11(12(17)18)15-14(20)16-8-5-6-10(9-16)13(19)21-2/h10-11H,3-9H2,1-2H3,(H,15,20)(H,17,18)/t10?,11-/m0/s1. The lowest BCUT2D eigenvalue weighted by Crippen LogP contribution is -2.51. The fraction of sp³-hybridized carbons (Fsp3) is 0.786. The summed E-state index contributed by atoms with van der Waals surface area (Å²) in [7, 11) is 1.33. The summed E-state index contributed by atoms with van der Waals surface area (Å²) in [6.07, 6.45) is 3.41. The Balaban J connectivity index is 2.56. The predicted molar refractivity (Wildman–Crippen MR) is 75.8 cm³/mol. The third-order valence-electron chi connectivity index (χ3n) is 3.69. The van der Waals surface area contributed by atoms with Crippen molar-refractivity contribution < 1.29 is 24.2 Å². The summed E-state index contributed by atoms with van der Waals surface area (Å²) in [5.74, 6) is -1.68. The second kappa shape index (κ2) is 8.49. The van der Waals surface area contributed by atoms with E-state index in [1.807, 2.05) is 6.92 Å². The number of rotatable bonds is 6. The molecular weight excluding hydrogens is 276 g/mol. The normalized spacial score (nSPS) is 19.7. The monoisotopic (exact) mass is 300 g/mol. The summed E-state index contributed by atoms with van der Waals surface area (Å²) in [6, 6.07) is -1.30. The van der Waals surface area contributed by atoms with Crippen LogP contribution in [-0.2, 0) is 14.3 Å². The smallest absolute Gasteiger partial charge is 0.326 e. The van der Waals surface area contributed by atoms with Crippen molar-refractivity contribution in [3.8, 4) is 0 Å². The third kappa shape index (κ3) is 5.24. The highest BCUT2D eigenvalue weighted by molar-refractivity contribution is 5.83. The quantitative estimate of drug-likeness (QED) is 0.719. The fourth-order valence-corrected chi connectivity index (χ4v) is 2.43. The van der Waals surface area contributed by atoms with Crippen molar-refractivity contribution in [2.75, 3.05) is 20.2 Å². The molecule has 1 fully saturated rings. The van der Waals surface area contributed by atoms with Gasteiger partial charge in [-0.1, -0.05) is 19.8 Å². The molecule has 0 radical (unpaired) electrons. The van der Waals surface area contributed by atoms with E-state index in [2.05, 4.69) is 5.32 Å². The molecule has 0 aromatic carbocycles. The Labute approximate surface area is 124 Å². The summed E-state index contributed by atoms with van der Waals surface area (Å²) >= 11 is 0. The van der Waals surface area contributed by atoms with E-state index < -0.39 is 18.0 Å². The van der Waals surface area contributed by atoms with Crippen LogP contribution in [-0.4, -0.2) is 54.2 Å². The van der Waals surface area contributed by atoms with Gasteiger partial charge in [-0.3, -0.25) is 4.79 Å². The number of carboxylic acid groups (broad SMARTS) is 1. The van der Waals surface area contributed by atoms with Crippen LogP contribution in [0.15, 0.2) is 0 Å². The highest BCUT2D eigenvalue weighted by Crippen LogP contribution is 2.18. The van der Waals surface area contributed by atoms with Gasteiger partial charge in [-0.05, 0) is 19.3 Å². The van der Waals surface area contributed by atoms with Crippen molar-refractivity contribution in [2.24, 2.45) is 5.92 Å². The van der Waals surface area contributed by atoms with Crippen molar-refractivity contribution in [3.63, 3.8) is 0 Å². The molecule has 1 rings (SSSR count). The van der Waals surface area contributed by atoms with Gasteiger partial charge in [0.1, 0.15) is 6.04 Å². The van der Waals surface area contributed by atoms with Gasteiger partial charge in [-0.2, -0.15) is 0 Å². The van der Waals surface area contributed by atoms with Gasteiger partial charge < -0.3 is 20.1 Å². The number of likely N-dealkylation sites (tertiary alicyclic amines) is 1. The van der Waals surface area contributed by atoms with Gasteiger partial charge in [0.05, 0.1) is 13.0 Å². The molecule has 7 heteroatoms. The van der Waals surface area contributed by atoms with Crippen molar-refractivity contribution in [3.05, 3.63) is 0 Å². The molecule has 0 bridgehead atoms. The minimum atomic E-state index is -1.03. The maximum absolute atomic E-state index is 12.1. The first-order valence-corrected chi connectivity index (χ1v) is 7.35. The number of carbonyl (C=O) groups excluding carboxylic acids is 2. The fourth-order valence-electron chi connectivity index (χ4n) is 2.43. The van der Waals surface area contributed by atoms with Crippen molar-refractivity contribution in [2.45, 2.75) is 45.1 Å². The van der Waals surface area contributed by atoms with E-state index in [1.165, 1.54) is 12.0 Å². The Hall–Kier alpha value is -1.79. The largest absolute Gasteiger partial charge is 0.480 e. The van der Waals surface area contributed by atoms with Gasteiger partial charge in [0.25, 0.3) is 0 Å². The van der Waals surface area contributed by atoms with Crippen LogP contribution in [0.4, 0.5) is 4.79 Å². The second-order valence-electron chi connectivity index (χ2n) is 5.29. The SMILES string of the molecule is CCCC[C@H](NC(=O)N1CCCC(C(=O)OC)C1)C(=O)O. The minimum absolute atomic E-state index is 0.276. The molecule has 7 nitrogen and oxygen atoms in total. The highest BCUT2D eigenvalue weighted by atomic mass is 16.5. The van der Waals surface area contributed by atoms with E-state index in [0.29, 0.717) is 25.8 Å². The van der Waals surface area contributed by atoms with Gasteiger partial charge in [0.2, 0.25) is 0 Å². The number of hydrogen-bond acceptors (Lipinski definition) is 4. The number of nitrogens with one attached hydrogen (secondary N) is 1. The summed E-state index contributed by atoms with van der Waals surface area (Å²) in [5, 5.41) is 11.7. The van der Waals surface area contributed by atoms with E-state index in [0.717, 1.165) is 12.8 Å². The molecule has 1 aliphatic rings. The maximum atomic E-state index is 12.1. The van der Waals surface area contributed by atoms with E-state index in [4.69, 9.17) is 9.84 Å². The number of unbranched alkanes of at least 4 members (excludes halogenated alkanes) is 1. The number of nitrogens with zero attached hydrogens (tertiary/aromatic N) is 1. The lowest BCUT2D eigenvalue weighted by atomic mass is 9.98. The van der Waals surface area contributed by atoms with Crippen LogP contribution in [0.5, 0.6) is 0 Å². The molecular formula is C14H24N2O5. The summed E-state index contributed by atoms with van der Waals surface area (Å²) in [4.78, 5) is 36.3. The van der Waals surface area contributed by atoms with Crippen molar-refractivity contribution in [1.82, 2.24) is 10.2 Å². The maximum Gasteiger partial charge on any atom is 0.326 e. The van der Waals surface area contributed by atoms with Crippen LogP contribution >= 0.6 is 0 Å². The van der Waals surface area contributed by atoms with Gasteiger partial charge in [-0.25, -0.2) is 9.59 Å². The van der Waals surface area contributed by atoms with Gasteiger partial charge in [0.15, 0.2) is 0 Å². The first kappa shape index (κ1) is 17.3. The first-order chi connectivity index (χ1) is 9.99. The number of piperidine rings is 1. The predicted octanol–water partition coefficient (Wildman–Crippen LogP) is 1.22. The third-order valence-corrected chi connectivity index (χ3v) is 3.69. The Bertz CT molecular complexity index is 386. The molecule has 0 aliphatic carbocycles. The van der Waals surface area contributed by atoms with Crippen LogP contribution in [0.25, 0.3) is 0 Å². The van der Waals surface area contributed by atoms with E-state index in [-0.39, 0.29) is 18.4 Å². The number of ether oxygens (including phenoxy) is 1. The second-order valence-corrected chi connectivity index (χ2v) is 5.29. The summed E-state index contributed by atoms with van der Waals surface area (Å²) in [5.41, 5.74) is 0. The number of urea groups is 1. The number of amides is 2. The highest BCUT2D eigenvalue weighted by Gasteiger charge is 2.30. The topological polar surface area (TPSA) is 95.9 Å². The van der Waals surface area contributed by atoms with Crippen LogP contribution in [0.3, 0.4) is 0 Å². The molecule has 0 saturated carbocycles.